The van der Waals surface area contributed by atoms with Gasteiger partial charge in [0.1, 0.15) is 11.6 Å². The summed E-state index contributed by atoms with van der Waals surface area (Å²) in [5.74, 6) is -1.14. The van der Waals surface area contributed by atoms with E-state index >= 15 is 0 Å². The van der Waals surface area contributed by atoms with E-state index in [1.165, 1.54) is 20.6 Å². The smallest absolute Gasteiger partial charge is 0.315 e. The Bertz CT molecular complexity index is 1150. The van der Waals surface area contributed by atoms with Crippen LogP contribution in [0.1, 0.15) is 52.9 Å². The Morgan fingerprint density at radius 3 is 2.35 bits per heavy atom. The fraction of sp³-hybridized carbons (Fsp3) is 0.769. The van der Waals surface area contributed by atoms with E-state index in [0.29, 0.717) is 38.9 Å². The summed E-state index contributed by atoms with van der Waals surface area (Å²) in [6.07, 6.45) is 5.12. The van der Waals surface area contributed by atoms with Gasteiger partial charge >= 0.3 is 6.03 Å². The molecule has 2 saturated heterocycles. The first kappa shape index (κ1) is 30.3. The van der Waals surface area contributed by atoms with Crippen molar-refractivity contribution in [2.75, 3.05) is 39.8 Å². The average molecular weight is 582 g/mol. The summed E-state index contributed by atoms with van der Waals surface area (Å²) < 4.78 is 27.6. The van der Waals surface area contributed by atoms with E-state index in [1.807, 2.05) is 20.8 Å². The maximum atomic E-state index is 13.2. The molecule has 2 heterocycles. The molecule has 4 fully saturated rings. The molecule has 5 amide bonds. The summed E-state index contributed by atoms with van der Waals surface area (Å²) in [6, 6.07) is -1.67. The highest BCUT2D eigenvalue weighted by Crippen LogP contribution is 2.45. The van der Waals surface area contributed by atoms with Crippen LogP contribution in [0.2, 0.25) is 0 Å². The fourth-order valence-corrected chi connectivity index (χ4v) is 6.65. The fourth-order valence-electron chi connectivity index (χ4n) is 5.29. The van der Waals surface area contributed by atoms with Crippen LogP contribution in [0.15, 0.2) is 12.7 Å². The summed E-state index contributed by atoms with van der Waals surface area (Å²) in [6.45, 7) is 10.4. The maximum Gasteiger partial charge on any atom is 0.315 e. The minimum Gasteiger partial charge on any atom is -0.351 e. The van der Waals surface area contributed by atoms with Gasteiger partial charge in [0, 0.05) is 51.2 Å². The molecule has 224 valence electrons. The number of amides is 5. The molecule has 2 saturated carbocycles. The zero-order valence-corrected chi connectivity index (χ0v) is 24.7. The Balaban J connectivity index is 1.31. The highest BCUT2D eigenvalue weighted by atomic mass is 32.2. The van der Waals surface area contributed by atoms with Crippen LogP contribution in [0, 0.1) is 11.3 Å². The van der Waals surface area contributed by atoms with E-state index in [0.717, 1.165) is 12.8 Å². The standard InChI is InChI=1S/C26H43N7O6S/c1-6-17-14-26(17,23(36)28-18-9-10-18)30-22(35)19-8-7-11-33(19)21(34)15-27-24(37)29-20(25(2,3)4)16-32-13-12-31(5)40(32,38)39/h6,17-20H,1,7-16H2,2-5H3,(H,28,36)(H,30,35)(H2,27,29,37)/t17?,19?,20?,26-/m1/s1. The molecule has 4 N–H and O–H groups in total. The number of urea groups is 1. The van der Waals surface area contributed by atoms with Gasteiger partial charge in [0.15, 0.2) is 0 Å². The van der Waals surface area contributed by atoms with E-state index in [-0.39, 0.29) is 36.9 Å². The monoisotopic (exact) mass is 581 g/mol. The molecule has 4 rings (SSSR count). The maximum absolute atomic E-state index is 13.2. The Kier molecular flexibility index (Phi) is 8.53. The molecule has 14 heteroatoms. The van der Waals surface area contributed by atoms with Crippen molar-refractivity contribution in [2.24, 2.45) is 11.3 Å². The number of likely N-dealkylation sites (N-methyl/N-ethyl adjacent to an activating group) is 1. The lowest BCUT2D eigenvalue weighted by Crippen LogP contribution is -2.57. The molecule has 2 aliphatic heterocycles. The van der Waals surface area contributed by atoms with E-state index < -0.39 is 45.2 Å². The second-order valence-electron chi connectivity index (χ2n) is 12.4. The van der Waals surface area contributed by atoms with E-state index in [9.17, 15) is 27.6 Å². The lowest BCUT2D eigenvalue weighted by atomic mass is 9.86. The predicted molar refractivity (Wildman–Crippen MR) is 148 cm³/mol. The minimum atomic E-state index is -3.56. The number of nitrogens with one attached hydrogen (secondary N) is 4. The van der Waals surface area contributed by atoms with Gasteiger partial charge in [0.05, 0.1) is 6.54 Å². The highest BCUT2D eigenvalue weighted by molar-refractivity contribution is 7.87. The van der Waals surface area contributed by atoms with Crippen LogP contribution < -0.4 is 21.3 Å². The Morgan fingerprint density at radius 2 is 1.80 bits per heavy atom. The Labute approximate surface area is 236 Å². The van der Waals surface area contributed by atoms with Crippen molar-refractivity contribution in [2.45, 2.75) is 76.5 Å². The van der Waals surface area contributed by atoms with Gasteiger partial charge in [-0.3, -0.25) is 14.4 Å². The number of rotatable bonds is 10. The molecule has 0 radical (unpaired) electrons. The molecular weight excluding hydrogens is 538 g/mol. The summed E-state index contributed by atoms with van der Waals surface area (Å²) in [5.41, 5.74) is -1.47. The average Bonchev–Trinajstić information content (AvgIpc) is 3.75. The zero-order valence-electron chi connectivity index (χ0n) is 23.9. The SMILES string of the molecule is C=CC1C[C@]1(NC(=O)C1CCCN1C(=O)CNC(=O)NC(CN1CCN(C)S1(=O)=O)C(C)(C)C)C(=O)NC1CC1. The normalized spacial score (nSPS) is 28.9. The predicted octanol–water partition coefficient (Wildman–Crippen LogP) is -0.477. The first-order valence-corrected chi connectivity index (χ1v) is 15.4. The van der Waals surface area contributed by atoms with Crippen molar-refractivity contribution in [1.82, 2.24) is 34.8 Å². The molecule has 0 aromatic carbocycles. The number of likely N-dealkylation sites (tertiary alicyclic amines) is 1. The third kappa shape index (κ3) is 6.44. The largest absolute Gasteiger partial charge is 0.351 e. The third-order valence-corrected chi connectivity index (χ3v) is 10.3. The third-order valence-electron chi connectivity index (χ3n) is 8.36. The minimum absolute atomic E-state index is 0.105. The molecule has 0 aromatic heterocycles. The number of carbonyl (C=O) groups excluding carboxylic acids is 4. The van der Waals surface area contributed by atoms with E-state index in [4.69, 9.17) is 0 Å². The van der Waals surface area contributed by atoms with E-state index in [2.05, 4.69) is 27.8 Å². The van der Waals surface area contributed by atoms with Gasteiger partial charge in [0.2, 0.25) is 17.7 Å². The van der Waals surface area contributed by atoms with Gasteiger partial charge in [-0.15, -0.1) is 6.58 Å². The van der Waals surface area contributed by atoms with Crippen LogP contribution in [0.5, 0.6) is 0 Å². The van der Waals surface area contributed by atoms with Crippen molar-refractivity contribution in [3.63, 3.8) is 0 Å². The second kappa shape index (κ2) is 11.3. The van der Waals surface area contributed by atoms with Gasteiger partial charge in [-0.1, -0.05) is 26.8 Å². The molecule has 2 aliphatic carbocycles. The second-order valence-corrected chi connectivity index (χ2v) is 14.5. The first-order valence-electron chi connectivity index (χ1n) is 14.0. The molecule has 0 aromatic rings. The highest BCUT2D eigenvalue weighted by Gasteiger charge is 2.61. The molecule has 4 aliphatic rings. The van der Waals surface area contributed by atoms with Gasteiger partial charge < -0.3 is 26.2 Å². The summed E-state index contributed by atoms with van der Waals surface area (Å²) >= 11 is 0. The van der Waals surface area contributed by atoms with Gasteiger partial charge in [-0.05, 0) is 37.5 Å². The van der Waals surface area contributed by atoms with Crippen LogP contribution in [0.4, 0.5) is 4.79 Å². The zero-order chi connectivity index (χ0) is 29.5. The van der Waals surface area contributed by atoms with Crippen LogP contribution in [0.3, 0.4) is 0 Å². The first-order chi connectivity index (χ1) is 18.7. The number of carbonyl (C=O) groups is 4. The molecule has 0 spiro atoms. The van der Waals surface area contributed by atoms with Crippen molar-refractivity contribution in [3.05, 3.63) is 12.7 Å². The van der Waals surface area contributed by atoms with Crippen molar-refractivity contribution < 1.29 is 27.6 Å². The number of hydrogen-bond donors (Lipinski definition) is 4. The lowest BCUT2D eigenvalue weighted by Gasteiger charge is -2.34. The molecule has 13 nitrogen and oxygen atoms in total. The van der Waals surface area contributed by atoms with Gasteiger partial charge in [-0.25, -0.2) is 4.79 Å². The quantitative estimate of drug-likeness (QED) is 0.255. The Morgan fingerprint density at radius 1 is 1.10 bits per heavy atom. The van der Waals surface area contributed by atoms with Crippen LogP contribution in [0.25, 0.3) is 0 Å². The van der Waals surface area contributed by atoms with Crippen LogP contribution >= 0.6 is 0 Å². The molecule has 4 atom stereocenters. The summed E-state index contributed by atoms with van der Waals surface area (Å²) in [4.78, 5) is 53.4. The van der Waals surface area contributed by atoms with E-state index in [1.54, 1.807) is 6.08 Å². The van der Waals surface area contributed by atoms with Crippen molar-refractivity contribution >= 4 is 34.0 Å². The molecule has 40 heavy (non-hydrogen) atoms. The number of nitrogens with zero attached hydrogens (tertiary/aromatic N) is 3. The topological polar surface area (TPSA) is 160 Å². The molecule has 3 unspecified atom stereocenters. The molecule has 0 bridgehead atoms. The Hall–Kier alpha value is -2.71. The number of hydrogen-bond acceptors (Lipinski definition) is 6. The lowest BCUT2D eigenvalue weighted by molar-refractivity contribution is -0.139. The van der Waals surface area contributed by atoms with Gasteiger partial charge in [-0.2, -0.15) is 17.0 Å². The van der Waals surface area contributed by atoms with Crippen molar-refractivity contribution in [1.29, 1.82) is 0 Å². The summed E-state index contributed by atoms with van der Waals surface area (Å²) in [5, 5.41) is 11.3. The van der Waals surface area contributed by atoms with Gasteiger partial charge in [0.25, 0.3) is 10.2 Å². The van der Waals surface area contributed by atoms with Crippen LogP contribution in [-0.4, -0.2) is 109 Å². The van der Waals surface area contributed by atoms with Crippen LogP contribution in [-0.2, 0) is 24.6 Å². The van der Waals surface area contributed by atoms with Crippen molar-refractivity contribution in [3.8, 4) is 0 Å². The molecular formula is C26H43N7O6S. The summed E-state index contributed by atoms with van der Waals surface area (Å²) in [7, 11) is -2.05.